The zero-order valence-electron chi connectivity index (χ0n) is 10.2. The normalized spacial score (nSPS) is 11.0. The van der Waals surface area contributed by atoms with E-state index in [1.54, 1.807) is 0 Å². The summed E-state index contributed by atoms with van der Waals surface area (Å²) in [6.07, 6.45) is 3.65. The zero-order valence-corrected chi connectivity index (χ0v) is 10.2. The largest absolute Gasteiger partial charge is 0.490 e. The molecule has 0 saturated carbocycles. The van der Waals surface area contributed by atoms with E-state index in [4.69, 9.17) is 4.74 Å². The monoisotopic (exact) mass is 231 g/mol. The number of hydrogen-bond donors (Lipinski definition) is 0. The molecule has 0 aliphatic heterocycles. The first-order chi connectivity index (χ1) is 8.22. The molecule has 17 heavy (non-hydrogen) atoms. The molecular formula is C14H17NO2. The van der Waals surface area contributed by atoms with Gasteiger partial charge in [0.15, 0.2) is 0 Å². The van der Waals surface area contributed by atoms with Crippen molar-refractivity contribution in [3.63, 3.8) is 0 Å². The first-order valence-electron chi connectivity index (χ1n) is 5.90. The van der Waals surface area contributed by atoms with Gasteiger partial charge in [0.2, 0.25) is 0 Å². The van der Waals surface area contributed by atoms with Crippen molar-refractivity contribution in [2.75, 3.05) is 0 Å². The Bertz CT molecular complexity index is 514. The summed E-state index contributed by atoms with van der Waals surface area (Å²) >= 11 is 0. The maximum absolute atomic E-state index is 10.4. The summed E-state index contributed by atoms with van der Waals surface area (Å²) in [7, 11) is 0. The van der Waals surface area contributed by atoms with E-state index in [1.807, 2.05) is 44.3 Å². The molecule has 0 fully saturated rings. The summed E-state index contributed by atoms with van der Waals surface area (Å²) in [5.41, 5.74) is 1.12. The summed E-state index contributed by atoms with van der Waals surface area (Å²) < 4.78 is 7.84. The Morgan fingerprint density at radius 1 is 1.35 bits per heavy atom. The number of nitrogens with zero attached hydrogens (tertiary/aromatic N) is 1. The van der Waals surface area contributed by atoms with Crippen molar-refractivity contribution in [3.05, 3.63) is 30.5 Å². The predicted octanol–water partition coefficient (Wildman–Crippen LogP) is 3.02. The van der Waals surface area contributed by atoms with Crippen molar-refractivity contribution in [1.82, 2.24) is 4.57 Å². The Labute approximate surface area is 101 Å². The van der Waals surface area contributed by atoms with E-state index in [2.05, 4.69) is 4.57 Å². The van der Waals surface area contributed by atoms with E-state index in [9.17, 15) is 4.79 Å². The van der Waals surface area contributed by atoms with E-state index in [1.165, 1.54) is 0 Å². The lowest BCUT2D eigenvalue weighted by Gasteiger charge is -2.11. The van der Waals surface area contributed by atoms with Crippen LogP contribution in [0.15, 0.2) is 30.5 Å². The Morgan fingerprint density at radius 3 is 2.88 bits per heavy atom. The van der Waals surface area contributed by atoms with Crippen LogP contribution in [0.3, 0.4) is 0 Å². The van der Waals surface area contributed by atoms with Crippen LogP contribution in [0.25, 0.3) is 10.9 Å². The SMILES string of the molecule is CC(C)Oc1cccc2c1ccn2CCC=O. The van der Waals surface area contributed by atoms with Crippen LogP contribution in [0.1, 0.15) is 20.3 Å². The smallest absolute Gasteiger partial charge is 0.129 e. The van der Waals surface area contributed by atoms with Crippen molar-refractivity contribution < 1.29 is 9.53 Å². The Kier molecular flexibility index (Phi) is 3.47. The van der Waals surface area contributed by atoms with Crippen LogP contribution >= 0.6 is 0 Å². The van der Waals surface area contributed by atoms with E-state index >= 15 is 0 Å². The van der Waals surface area contributed by atoms with Crippen molar-refractivity contribution in [2.45, 2.75) is 32.9 Å². The molecule has 1 heterocycles. The second kappa shape index (κ2) is 5.04. The number of rotatable bonds is 5. The molecule has 0 aliphatic rings. The molecule has 90 valence electrons. The molecule has 2 aromatic rings. The number of aldehydes is 1. The van der Waals surface area contributed by atoms with Gasteiger partial charge in [-0.05, 0) is 32.0 Å². The third-order valence-corrected chi connectivity index (χ3v) is 2.62. The fourth-order valence-corrected chi connectivity index (χ4v) is 1.94. The average Bonchev–Trinajstić information content (AvgIpc) is 2.70. The summed E-state index contributed by atoms with van der Waals surface area (Å²) in [6.45, 7) is 4.75. The number of benzene rings is 1. The van der Waals surface area contributed by atoms with Gasteiger partial charge in [-0.1, -0.05) is 6.07 Å². The van der Waals surface area contributed by atoms with E-state index in [0.717, 1.165) is 29.5 Å². The van der Waals surface area contributed by atoms with Crippen LogP contribution in [-0.2, 0) is 11.3 Å². The number of fused-ring (bicyclic) bond motifs is 1. The molecule has 0 bridgehead atoms. The fourth-order valence-electron chi connectivity index (χ4n) is 1.94. The van der Waals surface area contributed by atoms with Crippen molar-refractivity contribution in [3.8, 4) is 5.75 Å². The molecule has 0 amide bonds. The van der Waals surface area contributed by atoms with Gasteiger partial charge >= 0.3 is 0 Å². The molecule has 0 unspecified atom stereocenters. The number of ether oxygens (including phenoxy) is 1. The molecule has 0 aliphatic carbocycles. The lowest BCUT2D eigenvalue weighted by molar-refractivity contribution is -0.108. The molecule has 0 N–H and O–H groups in total. The summed E-state index contributed by atoms with van der Waals surface area (Å²) in [5, 5.41) is 1.10. The van der Waals surface area contributed by atoms with Gasteiger partial charge in [0.05, 0.1) is 11.6 Å². The lowest BCUT2D eigenvalue weighted by atomic mass is 10.2. The van der Waals surface area contributed by atoms with E-state index in [-0.39, 0.29) is 6.10 Å². The number of carbonyl (C=O) groups excluding carboxylic acids is 1. The van der Waals surface area contributed by atoms with Crippen LogP contribution in [-0.4, -0.2) is 17.0 Å². The minimum absolute atomic E-state index is 0.166. The minimum atomic E-state index is 0.166. The highest BCUT2D eigenvalue weighted by Crippen LogP contribution is 2.27. The molecule has 1 aromatic heterocycles. The highest BCUT2D eigenvalue weighted by molar-refractivity contribution is 5.86. The maximum Gasteiger partial charge on any atom is 0.129 e. The van der Waals surface area contributed by atoms with Gasteiger partial charge in [-0.3, -0.25) is 0 Å². The van der Waals surface area contributed by atoms with Crippen LogP contribution in [0, 0.1) is 0 Å². The third-order valence-electron chi connectivity index (χ3n) is 2.62. The average molecular weight is 231 g/mol. The second-order valence-corrected chi connectivity index (χ2v) is 4.32. The summed E-state index contributed by atoms with van der Waals surface area (Å²) in [5.74, 6) is 0.905. The van der Waals surface area contributed by atoms with Gasteiger partial charge < -0.3 is 14.1 Å². The van der Waals surface area contributed by atoms with Crippen molar-refractivity contribution >= 4 is 17.2 Å². The Balaban J connectivity index is 2.38. The molecule has 1 aromatic carbocycles. The quantitative estimate of drug-likeness (QED) is 0.741. The minimum Gasteiger partial charge on any atom is -0.490 e. The lowest BCUT2D eigenvalue weighted by Crippen LogP contribution is -2.05. The molecule has 0 radical (unpaired) electrons. The first kappa shape index (κ1) is 11.7. The summed E-state index contributed by atoms with van der Waals surface area (Å²) in [4.78, 5) is 10.4. The van der Waals surface area contributed by atoms with Crippen LogP contribution in [0.4, 0.5) is 0 Å². The Morgan fingerprint density at radius 2 is 2.18 bits per heavy atom. The van der Waals surface area contributed by atoms with Crippen molar-refractivity contribution in [1.29, 1.82) is 0 Å². The van der Waals surface area contributed by atoms with Gasteiger partial charge in [0.1, 0.15) is 12.0 Å². The first-order valence-corrected chi connectivity index (χ1v) is 5.90. The highest BCUT2D eigenvalue weighted by atomic mass is 16.5. The molecule has 2 rings (SSSR count). The molecule has 0 spiro atoms. The van der Waals surface area contributed by atoms with Gasteiger partial charge in [-0.2, -0.15) is 0 Å². The van der Waals surface area contributed by atoms with Gasteiger partial charge in [0.25, 0.3) is 0 Å². The van der Waals surface area contributed by atoms with Crippen LogP contribution < -0.4 is 4.74 Å². The standard InChI is InChI=1S/C14H17NO2/c1-11(2)17-14-6-3-5-13-12(14)7-9-15(13)8-4-10-16/h3,5-7,9-11H,4,8H2,1-2H3. The summed E-state index contributed by atoms with van der Waals surface area (Å²) in [6, 6.07) is 8.05. The van der Waals surface area contributed by atoms with E-state index < -0.39 is 0 Å². The number of aromatic nitrogens is 1. The Hall–Kier alpha value is -1.77. The molecule has 0 atom stereocenters. The van der Waals surface area contributed by atoms with E-state index in [0.29, 0.717) is 6.42 Å². The van der Waals surface area contributed by atoms with Gasteiger partial charge in [-0.15, -0.1) is 0 Å². The maximum atomic E-state index is 10.4. The number of aryl methyl sites for hydroxylation is 1. The third kappa shape index (κ3) is 2.49. The zero-order chi connectivity index (χ0) is 12.3. The molecule has 0 saturated heterocycles. The predicted molar refractivity (Wildman–Crippen MR) is 68.4 cm³/mol. The number of hydrogen-bond acceptors (Lipinski definition) is 2. The fraction of sp³-hybridized carbons (Fsp3) is 0.357. The topological polar surface area (TPSA) is 31.2 Å². The number of carbonyl (C=O) groups is 1. The van der Waals surface area contributed by atoms with Gasteiger partial charge in [-0.25, -0.2) is 0 Å². The molecule has 3 heteroatoms. The van der Waals surface area contributed by atoms with Crippen molar-refractivity contribution in [2.24, 2.45) is 0 Å². The second-order valence-electron chi connectivity index (χ2n) is 4.32. The van der Waals surface area contributed by atoms with Gasteiger partial charge in [0, 0.05) is 24.5 Å². The molecule has 3 nitrogen and oxygen atoms in total. The van der Waals surface area contributed by atoms with Crippen LogP contribution in [0.2, 0.25) is 0 Å². The van der Waals surface area contributed by atoms with Crippen LogP contribution in [0.5, 0.6) is 5.75 Å². The highest BCUT2D eigenvalue weighted by Gasteiger charge is 2.07. The molecular weight excluding hydrogens is 214 g/mol.